The molecule has 102 heavy (non-hydrogen) atoms. The van der Waals surface area contributed by atoms with Crippen LogP contribution in [0.2, 0.25) is 0 Å². The van der Waals surface area contributed by atoms with Gasteiger partial charge >= 0.3 is 5.96 Å². The van der Waals surface area contributed by atoms with Crippen molar-refractivity contribution in [2.45, 2.75) is 173 Å². The molecule has 39 heteroatoms. The summed E-state index contributed by atoms with van der Waals surface area (Å²) in [7, 11) is 1.45. The molecule has 6 aliphatic heterocycles. The molecule has 0 aliphatic carbocycles. The van der Waals surface area contributed by atoms with E-state index in [1.807, 2.05) is 0 Å². The first-order valence-electron chi connectivity index (χ1n) is 32.7. The molecule has 0 radical (unpaired) electrons. The van der Waals surface area contributed by atoms with Crippen LogP contribution in [0.15, 0.2) is 77.8 Å². The van der Waals surface area contributed by atoms with Crippen molar-refractivity contribution < 1.29 is 138 Å². The lowest BCUT2D eigenvalue weighted by atomic mass is 9.92. The van der Waals surface area contributed by atoms with Gasteiger partial charge < -0.3 is 147 Å². The third kappa shape index (κ3) is 17.8. The number of nitrogens with one attached hydrogen (secondary N) is 8. The van der Waals surface area contributed by atoms with Crippen LogP contribution in [0.3, 0.4) is 0 Å². The van der Waals surface area contributed by atoms with Crippen LogP contribution >= 0.6 is 0 Å². The molecule has 0 spiro atoms. The predicted molar refractivity (Wildman–Crippen MR) is 345 cm³/mol. The van der Waals surface area contributed by atoms with Gasteiger partial charge in [0.2, 0.25) is 48.0 Å². The largest absolute Gasteiger partial charge is 0.493 e. The molecule has 0 bridgehead atoms. The second-order valence-corrected chi connectivity index (χ2v) is 25.0. The highest BCUT2D eigenvalue weighted by molar-refractivity contribution is 5.98. The molecule has 3 aromatic rings. The summed E-state index contributed by atoms with van der Waals surface area (Å²) in [4.78, 5) is 91.7. The summed E-state index contributed by atoms with van der Waals surface area (Å²) < 4.78 is 46.9. The summed E-state index contributed by atoms with van der Waals surface area (Å²) in [6, 6.07) is 5.47. The van der Waals surface area contributed by atoms with Gasteiger partial charge in [-0.25, -0.2) is 9.57 Å². The number of hydrogen-bond donors (Lipinski definition) is 23. The number of amides is 6. The lowest BCUT2D eigenvalue weighted by Gasteiger charge is -2.46. The fourth-order valence-electron chi connectivity index (χ4n) is 12.4. The van der Waals surface area contributed by atoms with Gasteiger partial charge in [-0.15, -0.1) is 0 Å². The number of aliphatic hydroxyl groups excluding tert-OH is 13. The first-order chi connectivity index (χ1) is 48.7. The molecule has 4 fully saturated rings. The SMILES string of the molecule is CCOc1cc(OC[C@@H]2O[C@@H](O[C@H]3[C@@H](O)[C@@H](O)[C@@H](Oc4ccc(C[C@H]5NC(=O)[C@@H]([C@H](C)c6ccccc6)NC(=O)CNC(=O)C(CO)NC(=O)[C@@H]([C@H](O)[C@@H]6CNC(N)=[N+]6[C@@H]6O[C@@H](CO)[C@H](O)[C@H](O)[C@@H]6O)NC(=O)[C@H]([C@H](O)[C@@H]6CNC(N)=N6)NC5=O)cc4)O[C@@H]3CO)[C@@H](O)[C@@H](O)[C@H]2O)ccc1OC. The van der Waals surface area contributed by atoms with E-state index in [4.69, 9.17) is 49.4 Å². The number of nitrogens with two attached hydrogens (primary N) is 2. The van der Waals surface area contributed by atoms with Crippen molar-refractivity contribution in [3.05, 3.63) is 83.9 Å². The van der Waals surface area contributed by atoms with Crippen LogP contribution in [0, 0.1) is 0 Å². The zero-order valence-corrected chi connectivity index (χ0v) is 55.3. The van der Waals surface area contributed by atoms with Crippen molar-refractivity contribution in [2.75, 3.05) is 59.8 Å². The molecular formula is C63H89N12O27+. The zero-order chi connectivity index (χ0) is 74.0. The minimum absolute atomic E-state index is 0.0757. The Morgan fingerprint density at radius 3 is 1.86 bits per heavy atom. The van der Waals surface area contributed by atoms with E-state index in [-0.39, 0.29) is 35.5 Å². The maximum Gasteiger partial charge on any atom is 0.346 e. The van der Waals surface area contributed by atoms with E-state index in [1.165, 1.54) is 37.4 Å². The fraction of sp³-hybridized carbons (Fsp3) is 0.587. The normalized spacial score (nSPS) is 34.6. The lowest BCUT2D eigenvalue weighted by Crippen LogP contribution is -2.68. The van der Waals surface area contributed by atoms with Gasteiger partial charge in [0.15, 0.2) is 23.7 Å². The van der Waals surface area contributed by atoms with Crippen molar-refractivity contribution in [3.8, 4) is 23.0 Å². The summed E-state index contributed by atoms with van der Waals surface area (Å²) >= 11 is 0. The minimum atomic E-state index is -2.34. The van der Waals surface area contributed by atoms with Crippen molar-refractivity contribution in [1.29, 1.82) is 0 Å². The number of nitrogens with zero attached hydrogens (tertiary/aromatic N) is 2. The molecule has 6 aliphatic rings. The van der Waals surface area contributed by atoms with Crippen LogP contribution in [0.1, 0.15) is 30.9 Å². The van der Waals surface area contributed by atoms with Crippen LogP contribution in [-0.4, -0.2) is 325 Å². The number of benzene rings is 3. The number of rotatable bonds is 22. The first kappa shape index (κ1) is 77.7. The van der Waals surface area contributed by atoms with Gasteiger partial charge in [-0.05, 0) is 42.3 Å². The molecule has 25 N–H and O–H groups in total. The van der Waals surface area contributed by atoms with Crippen LogP contribution in [0.25, 0.3) is 0 Å². The summed E-state index contributed by atoms with van der Waals surface area (Å²) in [6.45, 7) is -1.32. The second kappa shape index (κ2) is 34.7. The molecule has 562 valence electrons. The van der Waals surface area contributed by atoms with Gasteiger partial charge in [0, 0.05) is 24.9 Å². The second-order valence-electron chi connectivity index (χ2n) is 25.0. The molecule has 0 aromatic heterocycles. The van der Waals surface area contributed by atoms with Crippen LogP contribution < -0.4 is 72.9 Å². The van der Waals surface area contributed by atoms with E-state index < -0.39 is 234 Å². The first-order valence-corrected chi connectivity index (χ1v) is 32.7. The van der Waals surface area contributed by atoms with E-state index in [2.05, 4.69) is 47.5 Å². The average molecular weight is 1450 g/mol. The molecule has 1 unspecified atom stereocenters. The Kier molecular flexibility index (Phi) is 26.4. The highest BCUT2D eigenvalue weighted by Crippen LogP contribution is 2.35. The number of carbonyl (C=O) groups excluding carboxylic acids is 6. The van der Waals surface area contributed by atoms with E-state index in [9.17, 15) is 85.6 Å². The summed E-state index contributed by atoms with van der Waals surface area (Å²) in [5.41, 5.74) is 12.9. The third-order valence-corrected chi connectivity index (χ3v) is 18.2. The standard InChI is InChI=1S/C63H88N12O27/c1-4-96-35-17-29(14-15-34(35)95-3)97-24-38-46(83)48(85)51(88)61(101-38)102-53-37(23-78)100-60(52(89)49(53)86)98-28-12-10-26(11-13-28)16-30-55(91)73-41(43(80)31-18-67-62(64)71-31)58(94)74-42(44(81)33-19-68-63(65)75(33)59-50(87)47(84)45(82)36(22-77)99-59)57(93)70-32(21-76)54(90)66-20-39(79)72-40(56(92)69-30)25(2)27-8-6-5-7-9-27/h5-15,17,25,30-33,36-38,40-53,59-61,76-78,80-89H,4,16,18-24H2,1-3H3,(H11,64,65,66,67,68,69,70,71,72,73,74,79,90,91,92,93,94)/p+1/t25-,30-,31+,32?,33+,36+,37-,38+,40-,41+,42-,43-,44-,45+,46+,47+,48+,49+,50+,51+,52-,53-,59-,60+,61+/m1/s1. The average Bonchev–Trinajstić information content (AvgIpc) is 1.66. The molecule has 6 heterocycles. The summed E-state index contributed by atoms with van der Waals surface area (Å²) in [5.74, 6) is -7.87. The highest BCUT2D eigenvalue weighted by Gasteiger charge is 2.55. The van der Waals surface area contributed by atoms with Gasteiger partial charge in [-0.1, -0.05) is 49.4 Å². The number of methoxy groups -OCH3 is 1. The van der Waals surface area contributed by atoms with Gasteiger partial charge in [0.05, 0.1) is 46.1 Å². The Morgan fingerprint density at radius 2 is 1.21 bits per heavy atom. The van der Waals surface area contributed by atoms with Gasteiger partial charge in [-0.3, -0.25) is 39.8 Å². The van der Waals surface area contributed by atoms with E-state index in [0.717, 1.165) is 4.58 Å². The molecular weight excluding hydrogens is 1360 g/mol. The fourth-order valence-corrected chi connectivity index (χ4v) is 12.4. The Hall–Kier alpha value is -8.46. The molecule has 39 nitrogen and oxygen atoms in total. The monoisotopic (exact) mass is 1450 g/mol. The van der Waals surface area contributed by atoms with Crippen molar-refractivity contribution in [2.24, 2.45) is 16.5 Å². The number of hydrogen-bond acceptors (Lipinski definition) is 32. The van der Waals surface area contributed by atoms with Gasteiger partial charge in [-0.2, -0.15) is 0 Å². The molecule has 25 atom stereocenters. The lowest BCUT2D eigenvalue weighted by molar-refractivity contribution is -0.663. The number of carbonyl (C=O) groups is 6. The Morgan fingerprint density at radius 1 is 0.588 bits per heavy atom. The topological polar surface area (TPSA) is 603 Å². The third-order valence-electron chi connectivity index (χ3n) is 18.2. The molecule has 9 rings (SSSR count). The van der Waals surface area contributed by atoms with Crippen molar-refractivity contribution in [1.82, 2.24) is 42.5 Å². The zero-order valence-electron chi connectivity index (χ0n) is 55.3. The van der Waals surface area contributed by atoms with Crippen LogP contribution in [0.5, 0.6) is 23.0 Å². The number of aliphatic hydroxyl groups is 13. The van der Waals surface area contributed by atoms with Crippen LogP contribution in [-0.2, 0) is 54.1 Å². The molecule has 3 aromatic carbocycles. The quantitative estimate of drug-likeness (QED) is 0.0415. The minimum Gasteiger partial charge on any atom is -0.493 e. The van der Waals surface area contributed by atoms with E-state index in [1.54, 1.807) is 56.3 Å². The summed E-state index contributed by atoms with van der Waals surface area (Å²) in [5, 5.41) is 164. The Bertz CT molecular complexity index is 3440. The maximum absolute atomic E-state index is 15.2. The molecule has 4 saturated heterocycles. The van der Waals surface area contributed by atoms with Crippen molar-refractivity contribution in [3.63, 3.8) is 0 Å². The smallest absolute Gasteiger partial charge is 0.346 e. The van der Waals surface area contributed by atoms with E-state index >= 15 is 9.59 Å². The Balaban J connectivity index is 0.979. The van der Waals surface area contributed by atoms with Crippen molar-refractivity contribution >= 4 is 47.4 Å². The molecule has 6 amide bonds. The van der Waals surface area contributed by atoms with Gasteiger partial charge in [0.1, 0.15) is 146 Å². The number of ether oxygens (including phenoxy) is 8. The highest BCUT2D eigenvalue weighted by atomic mass is 16.7. The Labute approximate surface area is 581 Å². The van der Waals surface area contributed by atoms with E-state index in [0.29, 0.717) is 23.7 Å². The molecule has 0 saturated carbocycles. The number of aliphatic imine (C=N–C) groups is 1. The van der Waals surface area contributed by atoms with Gasteiger partial charge in [0.25, 0.3) is 0 Å². The number of guanidine groups is 2. The summed E-state index contributed by atoms with van der Waals surface area (Å²) in [6.07, 6.45) is -31.7. The predicted octanol–water partition coefficient (Wildman–Crippen LogP) is -11.8. The van der Waals surface area contributed by atoms with Crippen LogP contribution in [0.4, 0.5) is 0 Å². The maximum atomic E-state index is 15.2.